The van der Waals surface area contributed by atoms with E-state index < -0.39 is 15.9 Å². The maximum Gasteiger partial charge on any atom is 0.271 e. The maximum absolute atomic E-state index is 13.6. The summed E-state index contributed by atoms with van der Waals surface area (Å²) in [6, 6.07) is 24.9. The lowest BCUT2D eigenvalue weighted by molar-refractivity contribution is 0.0955. The first-order valence-corrected chi connectivity index (χ1v) is 13.9. The number of hydrazone groups is 1. The number of nitrogens with one attached hydrogen (secondary N) is 1. The van der Waals surface area contributed by atoms with E-state index in [1.807, 2.05) is 6.92 Å². The smallest absolute Gasteiger partial charge is 0.267 e. The molecule has 1 N–H and O–H groups in total. The number of hydrogen-bond acceptors (Lipinski definition) is 4. The Morgan fingerprint density at radius 1 is 0.895 bits per heavy atom. The zero-order valence-electron chi connectivity index (χ0n) is 20.1. The largest absolute Gasteiger partial charge is 0.271 e. The van der Waals surface area contributed by atoms with Crippen molar-refractivity contribution in [3.05, 3.63) is 128 Å². The second kappa shape index (κ2) is 12.0. The number of anilines is 1. The van der Waals surface area contributed by atoms with Gasteiger partial charge in [0.1, 0.15) is 0 Å². The zero-order valence-corrected chi connectivity index (χ0v) is 23.2. The van der Waals surface area contributed by atoms with Crippen molar-refractivity contribution in [3.8, 4) is 0 Å². The molecule has 0 saturated carbocycles. The van der Waals surface area contributed by atoms with Gasteiger partial charge in [0.05, 0.1) is 33.4 Å². The number of aryl methyl sites for hydroxylation is 1. The summed E-state index contributed by atoms with van der Waals surface area (Å²) in [4.78, 5) is 12.7. The molecule has 0 atom stereocenters. The molecule has 1 amide bonds. The Hall–Kier alpha value is -3.36. The predicted octanol–water partition coefficient (Wildman–Crippen LogP) is 7.11. The standard InChI is InChI=1S/C28H22Cl3N3O3S/c1-19-10-15-22(29)16-27(19)34(38(36,37)23-6-3-2-4-7-23)18-20-11-13-21(14-12-20)28(35)33-32-17-24-25(30)8-5-9-26(24)31/h2-17H,18H2,1H3,(H,33,35). The Balaban J connectivity index is 1.56. The molecule has 0 saturated heterocycles. The number of sulfonamides is 1. The van der Waals surface area contributed by atoms with E-state index in [0.717, 1.165) is 5.56 Å². The molecule has 0 aliphatic rings. The van der Waals surface area contributed by atoms with Crippen LogP contribution in [0.1, 0.15) is 27.0 Å². The first kappa shape index (κ1) is 27.7. The molecule has 0 aliphatic heterocycles. The summed E-state index contributed by atoms with van der Waals surface area (Å²) in [5, 5.41) is 5.18. The minimum atomic E-state index is -3.91. The molecule has 0 fully saturated rings. The molecule has 194 valence electrons. The highest BCUT2D eigenvalue weighted by Crippen LogP contribution is 2.31. The van der Waals surface area contributed by atoms with Gasteiger partial charge >= 0.3 is 0 Å². The van der Waals surface area contributed by atoms with E-state index in [4.69, 9.17) is 34.8 Å². The maximum atomic E-state index is 13.6. The van der Waals surface area contributed by atoms with Crippen LogP contribution in [-0.4, -0.2) is 20.5 Å². The Labute approximate surface area is 236 Å². The number of amides is 1. The lowest BCUT2D eigenvalue weighted by Crippen LogP contribution is -2.31. The van der Waals surface area contributed by atoms with E-state index >= 15 is 0 Å². The molecular formula is C28H22Cl3N3O3S. The number of rotatable bonds is 8. The third-order valence-corrected chi connectivity index (χ3v) is 8.34. The van der Waals surface area contributed by atoms with Crippen molar-refractivity contribution in [3.63, 3.8) is 0 Å². The molecule has 0 unspecified atom stereocenters. The Morgan fingerprint density at radius 2 is 1.55 bits per heavy atom. The van der Waals surface area contributed by atoms with Gasteiger partial charge in [-0.2, -0.15) is 5.10 Å². The molecule has 0 radical (unpaired) electrons. The van der Waals surface area contributed by atoms with Gasteiger partial charge in [-0.1, -0.05) is 77.3 Å². The van der Waals surface area contributed by atoms with Crippen LogP contribution < -0.4 is 9.73 Å². The summed E-state index contributed by atoms with van der Waals surface area (Å²) in [6.45, 7) is 1.85. The highest BCUT2D eigenvalue weighted by molar-refractivity contribution is 7.92. The van der Waals surface area contributed by atoms with Crippen molar-refractivity contribution >= 4 is 62.6 Å². The fourth-order valence-electron chi connectivity index (χ4n) is 3.65. The Bertz CT molecular complexity index is 1570. The van der Waals surface area contributed by atoms with E-state index in [1.165, 1.54) is 10.5 Å². The Kier molecular flexibility index (Phi) is 8.74. The first-order chi connectivity index (χ1) is 18.2. The minimum Gasteiger partial charge on any atom is -0.267 e. The quantitative estimate of drug-likeness (QED) is 0.176. The highest BCUT2D eigenvalue weighted by Gasteiger charge is 2.26. The van der Waals surface area contributed by atoms with E-state index in [-0.39, 0.29) is 11.4 Å². The average molecular weight is 587 g/mol. The molecule has 0 heterocycles. The van der Waals surface area contributed by atoms with Crippen LogP contribution in [0.25, 0.3) is 0 Å². The summed E-state index contributed by atoms with van der Waals surface area (Å²) in [6.07, 6.45) is 1.37. The number of carbonyl (C=O) groups excluding carboxylic acids is 1. The van der Waals surface area contributed by atoms with Gasteiger partial charge in [0, 0.05) is 16.1 Å². The number of carbonyl (C=O) groups is 1. The fourth-order valence-corrected chi connectivity index (χ4v) is 5.84. The van der Waals surface area contributed by atoms with Crippen LogP contribution in [0.4, 0.5) is 5.69 Å². The summed E-state index contributed by atoms with van der Waals surface area (Å²) in [5.41, 5.74) is 5.16. The Morgan fingerprint density at radius 3 is 2.21 bits per heavy atom. The zero-order chi connectivity index (χ0) is 27.3. The van der Waals surface area contributed by atoms with Gasteiger partial charge < -0.3 is 0 Å². The molecule has 0 aromatic heterocycles. The van der Waals surface area contributed by atoms with Crippen LogP contribution in [0.3, 0.4) is 0 Å². The number of halogens is 3. The molecule has 6 nitrogen and oxygen atoms in total. The monoisotopic (exact) mass is 585 g/mol. The molecule has 0 spiro atoms. The molecule has 0 aliphatic carbocycles. The topological polar surface area (TPSA) is 78.8 Å². The molecule has 4 aromatic carbocycles. The lowest BCUT2D eigenvalue weighted by atomic mass is 10.1. The molecule has 38 heavy (non-hydrogen) atoms. The number of benzene rings is 4. The molecule has 10 heteroatoms. The third kappa shape index (κ3) is 6.37. The normalized spacial score (nSPS) is 11.5. The van der Waals surface area contributed by atoms with Gasteiger partial charge in [-0.05, 0) is 66.6 Å². The average Bonchev–Trinajstić information content (AvgIpc) is 2.91. The van der Waals surface area contributed by atoms with Gasteiger partial charge in [-0.15, -0.1) is 0 Å². The fraction of sp³-hybridized carbons (Fsp3) is 0.0714. The van der Waals surface area contributed by atoms with Gasteiger partial charge in [0.2, 0.25) is 0 Å². The van der Waals surface area contributed by atoms with Crippen LogP contribution in [0, 0.1) is 6.92 Å². The SMILES string of the molecule is Cc1ccc(Cl)cc1N(Cc1ccc(C(=O)NN=Cc2c(Cl)cccc2Cl)cc1)S(=O)(=O)c1ccccc1. The second-order valence-electron chi connectivity index (χ2n) is 8.29. The van der Waals surface area contributed by atoms with Crippen molar-refractivity contribution in [2.24, 2.45) is 5.10 Å². The van der Waals surface area contributed by atoms with Crippen LogP contribution in [0.2, 0.25) is 15.1 Å². The second-order valence-corrected chi connectivity index (χ2v) is 11.4. The van der Waals surface area contributed by atoms with Crippen LogP contribution in [0.15, 0.2) is 101 Å². The van der Waals surface area contributed by atoms with E-state index in [2.05, 4.69) is 10.5 Å². The van der Waals surface area contributed by atoms with E-state index in [9.17, 15) is 13.2 Å². The summed E-state index contributed by atoms with van der Waals surface area (Å²) >= 11 is 18.4. The van der Waals surface area contributed by atoms with Crippen LogP contribution in [0.5, 0.6) is 0 Å². The molecule has 4 rings (SSSR count). The van der Waals surface area contributed by atoms with Crippen molar-refractivity contribution in [1.29, 1.82) is 0 Å². The summed E-state index contributed by atoms with van der Waals surface area (Å²) < 4.78 is 28.6. The molecule has 4 aromatic rings. The summed E-state index contributed by atoms with van der Waals surface area (Å²) in [7, 11) is -3.91. The summed E-state index contributed by atoms with van der Waals surface area (Å²) in [5.74, 6) is -0.449. The van der Waals surface area contributed by atoms with Gasteiger partial charge in [0.15, 0.2) is 0 Å². The molecular weight excluding hydrogens is 565 g/mol. The van der Waals surface area contributed by atoms with Crippen molar-refractivity contribution in [1.82, 2.24) is 5.43 Å². The van der Waals surface area contributed by atoms with Crippen LogP contribution in [-0.2, 0) is 16.6 Å². The van der Waals surface area contributed by atoms with E-state index in [0.29, 0.717) is 37.4 Å². The van der Waals surface area contributed by atoms with Gasteiger partial charge in [0.25, 0.3) is 15.9 Å². The van der Waals surface area contributed by atoms with Gasteiger partial charge in [-0.3, -0.25) is 9.10 Å². The number of nitrogens with zero attached hydrogens (tertiary/aromatic N) is 2. The van der Waals surface area contributed by atoms with Crippen molar-refractivity contribution in [2.45, 2.75) is 18.4 Å². The first-order valence-electron chi connectivity index (χ1n) is 11.4. The van der Waals surface area contributed by atoms with Crippen molar-refractivity contribution < 1.29 is 13.2 Å². The third-order valence-electron chi connectivity index (χ3n) is 5.67. The molecule has 0 bridgehead atoms. The minimum absolute atomic E-state index is 0.0312. The highest BCUT2D eigenvalue weighted by atomic mass is 35.5. The van der Waals surface area contributed by atoms with Crippen molar-refractivity contribution in [2.75, 3.05) is 4.31 Å². The number of hydrogen-bond donors (Lipinski definition) is 1. The van der Waals surface area contributed by atoms with Crippen LogP contribution >= 0.6 is 34.8 Å². The predicted molar refractivity (Wildman–Crippen MR) is 154 cm³/mol. The van der Waals surface area contributed by atoms with E-state index in [1.54, 1.807) is 91.0 Å². The van der Waals surface area contributed by atoms with Gasteiger partial charge in [-0.25, -0.2) is 13.8 Å². The lowest BCUT2D eigenvalue weighted by Gasteiger charge is -2.26.